The molecule has 1 rings (SSSR count). The highest BCUT2D eigenvalue weighted by Gasteiger charge is 2.21. The number of nitrogens with zero attached hydrogens (tertiary/aromatic N) is 2. The normalized spacial score (nSPS) is 15.6. The van der Waals surface area contributed by atoms with Crippen LogP contribution in [-0.4, -0.2) is 63.3 Å². The van der Waals surface area contributed by atoms with Gasteiger partial charge in [0.05, 0.1) is 6.54 Å². The smallest absolute Gasteiger partial charge is 0.191 e. The summed E-state index contributed by atoms with van der Waals surface area (Å²) in [6.07, 6.45) is 3.74. The first-order chi connectivity index (χ1) is 9.95. The third-order valence-electron chi connectivity index (χ3n) is 3.99. The molecule has 0 aromatic rings. The molecule has 0 bridgehead atoms. The standard InChI is InChI=1S/C16H34N4O.HI/c1-6-17-15(19-13-16(2,3)20(4)5)18-10-7-11-21-12-14-8-9-14;/h14H,6-13H2,1-5H3,(H2,17,18,19);1H. The lowest BCUT2D eigenvalue weighted by molar-refractivity contribution is 0.123. The summed E-state index contributed by atoms with van der Waals surface area (Å²) in [4.78, 5) is 6.87. The predicted molar refractivity (Wildman–Crippen MR) is 105 cm³/mol. The zero-order chi connectivity index (χ0) is 15.7. The quantitative estimate of drug-likeness (QED) is 0.244. The summed E-state index contributed by atoms with van der Waals surface area (Å²) < 4.78 is 5.64. The van der Waals surface area contributed by atoms with Crippen LogP contribution in [0, 0.1) is 5.92 Å². The van der Waals surface area contributed by atoms with Gasteiger partial charge in [0.2, 0.25) is 0 Å². The molecule has 22 heavy (non-hydrogen) atoms. The van der Waals surface area contributed by atoms with Crippen molar-refractivity contribution in [2.24, 2.45) is 10.9 Å². The topological polar surface area (TPSA) is 48.9 Å². The van der Waals surface area contributed by atoms with E-state index in [9.17, 15) is 0 Å². The van der Waals surface area contributed by atoms with Crippen LogP contribution < -0.4 is 10.6 Å². The Kier molecular flexibility index (Phi) is 11.4. The monoisotopic (exact) mass is 426 g/mol. The minimum atomic E-state index is 0. The van der Waals surface area contributed by atoms with Gasteiger partial charge in [-0.15, -0.1) is 24.0 Å². The van der Waals surface area contributed by atoms with Gasteiger partial charge in [-0.05, 0) is 60.0 Å². The molecular weight excluding hydrogens is 391 g/mol. The van der Waals surface area contributed by atoms with Gasteiger partial charge in [-0.3, -0.25) is 4.99 Å². The maximum absolute atomic E-state index is 5.64. The largest absolute Gasteiger partial charge is 0.381 e. The third kappa shape index (κ3) is 9.84. The van der Waals surface area contributed by atoms with Crippen molar-refractivity contribution in [3.63, 3.8) is 0 Å². The summed E-state index contributed by atoms with van der Waals surface area (Å²) in [7, 11) is 4.18. The minimum Gasteiger partial charge on any atom is -0.381 e. The molecule has 6 heteroatoms. The SMILES string of the molecule is CCNC(=NCC(C)(C)N(C)C)NCCCOCC1CC1.I. The van der Waals surface area contributed by atoms with Crippen LogP contribution >= 0.6 is 24.0 Å². The number of aliphatic imine (C=N–C) groups is 1. The molecule has 5 nitrogen and oxygen atoms in total. The number of guanidine groups is 1. The zero-order valence-corrected chi connectivity index (χ0v) is 17.3. The van der Waals surface area contributed by atoms with Crippen LogP contribution in [0.3, 0.4) is 0 Å². The van der Waals surface area contributed by atoms with Gasteiger partial charge in [0.25, 0.3) is 0 Å². The number of halogens is 1. The molecule has 1 saturated carbocycles. The average molecular weight is 426 g/mol. The van der Waals surface area contributed by atoms with Gasteiger partial charge in [-0.25, -0.2) is 0 Å². The van der Waals surface area contributed by atoms with Crippen LogP contribution in [0.25, 0.3) is 0 Å². The molecule has 2 N–H and O–H groups in total. The number of rotatable bonds is 10. The van der Waals surface area contributed by atoms with Crippen LogP contribution in [0.5, 0.6) is 0 Å². The Labute approximate surface area is 153 Å². The maximum Gasteiger partial charge on any atom is 0.191 e. The molecule has 1 aliphatic rings. The predicted octanol–water partition coefficient (Wildman–Crippen LogP) is 2.32. The highest BCUT2D eigenvalue weighted by molar-refractivity contribution is 14.0. The Bertz CT molecular complexity index is 317. The molecule has 0 unspecified atom stereocenters. The fourth-order valence-electron chi connectivity index (χ4n) is 1.67. The van der Waals surface area contributed by atoms with E-state index in [1.165, 1.54) is 12.8 Å². The van der Waals surface area contributed by atoms with Crippen molar-refractivity contribution in [1.82, 2.24) is 15.5 Å². The summed E-state index contributed by atoms with van der Waals surface area (Å²) in [5.74, 6) is 1.75. The zero-order valence-electron chi connectivity index (χ0n) is 14.9. The summed E-state index contributed by atoms with van der Waals surface area (Å²) >= 11 is 0. The highest BCUT2D eigenvalue weighted by Crippen LogP contribution is 2.28. The summed E-state index contributed by atoms with van der Waals surface area (Å²) in [5, 5.41) is 6.67. The van der Waals surface area contributed by atoms with E-state index >= 15 is 0 Å². The van der Waals surface area contributed by atoms with Crippen LogP contribution in [-0.2, 0) is 4.74 Å². The van der Waals surface area contributed by atoms with Crippen molar-refractivity contribution in [2.45, 2.75) is 45.6 Å². The Hall–Kier alpha value is -0.0800. The molecule has 0 amide bonds. The molecule has 1 aliphatic carbocycles. The van der Waals surface area contributed by atoms with Gasteiger partial charge in [-0.2, -0.15) is 0 Å². The van der Waals surface area contributed by atoms with E-state index in [0.717, 1.165) is 51.1 Å². The first kappa shape index (κ1) is 21.9. The van der Waals surface area contributed by atoms with Crippen molar-refractivity contribution in [2.75, 3.05) is 46.9 Å². The average Bonchev–Trinajstić information content (AvgIpc) is 3.23. The molecule has 0 atom stereocenters. The van der Waals surface area contributed by atoms with Crippen molar-refractivity contribution in [1.29, 1.82) is 0 Å². The second-order valence-electron chi connectivity index (χ2n) is 6.70. The minimum absolute atomic E-state index is 0. The van der Waals surface area contributed by atoms with E-state index in [1.807, 2.05) is 0 Å². The molecule has 0 aromatic heterocycles. The van der Waals surface area contributed by atoms with E-state index in [-0.39, 0.29) is 29.5 Å². The first-order valence-electron chi connectivity index (χ1n) is 8.23. The molecule has 0 spiro atoms. The van der Waals surface area contributed by atoms with E-state index < -0.39 is 0 Å². The number of hydrogen-bond acceptors (Lipinski definition) is 3. The highest BCUT2D eigenvalue weighted by atomic mass is 127. The van der Waals surface area contributed by atoms with Crippen LogP contribution in [0.1, 0.15) is 40.0 Å². The van der Waals surface area contributed by atoms with E-state index in [2.05, 4.69) is 55.4 Å². The molecule has 0 heterocycles. The lowest BCUT2D eigenvalue weighted by atomic mass is 10.1. The summed E-state index contributed by atoms with van der Waals surface area (Å²) in [5.41, 5.74) is 0.0652. The number of nitrogens with one attached hydrogen (secondary N) is 2. The first-order valence-corrected chi connectivity index (χ1v) is 8.23. The Balaban J connectivity index is 0.00000441. The number of likely N-dealkylation sites (N-methyl/N-ethyl adjacent to an activating group) is 1. The van der Waals surface area contributed by atoms with Crippen LogP contribution in [0.4, 0.5) is 0 Å². The Morgan fingerprint density at radius 3 is 2.50 bits per heavy atom. The number of ether oxygens (including phenoxy) is 1. The van der Waals surface area contributed by atoms with Gasteiger partial charge in [0, 0.05) is 31.8 Å². The van der Waals surface area contributed by atoms with Crippen molar-refractivity contribution < 1.29 is 4.74 Å². The molecular formula is C16H35IN4O. The Morgan fingerprint density at radius 2 is 1.95 bits per heavy atom. The maximum atomic E-state index is 5.64. The summed E-state index contributed by atoms with van der Waals surface area (Å²) in [6, 6.07) is 0. The van der Waals surface area contributed by atoms with Crippen molar-refractivity contribution in [3.8, 4) is 0 Å². The molecule has 1 fully saturated rings. The van der Waals surface area contributed by atoms with Crippen molar-refractivity contribution in [3.05, 3.63) is 0 Å². The molecule has 0 radical (unpaired) electrons. The van der Waals surface area contributed by atoms with Gasteiger partial charge in [0.15, 0.2) is 5.96 Å². The van der Waals surface area contributed by atoms with Gasteiger partial charge in [0.1, 0.15) is 0 Å². The molecule has 132 valence electrons. The lowest BCUT2D eigenvalue weighted by Crippen LogP contribution is -2.44. The lowest BCUT2D eigenvalue weighted by Gasteiger charge is -2.31. The van der Waals surface area contributed by atoms with Crippen LogP contribution in [0.15, 0.2) is 4.99 Å². The second kappa shape index (κ2) is 11.5. The molecule has 0 aliphatic heterocycles. The van der Waals surface area contributed by atoms with Gasteiger partial charge < -0.3 is 20.3 Å². The molecule has 0 saturated heterocycles. The number of hydrogen-bond donors (Lipinski definition) is 2. The van der Waals surface area contributed by atoms with Gasteiger partial charge in [-0.1, -0.05) is 0 Å². The third-order valence-corrected chi connectivity index (χ3v) is 3.99. The molecule has 0 aromatic carbocycles. The fourth-order valence-corrected chi connectivity index (χ4v) is 1.67. The summed E-state index contributed by atoms with van der Waals surface area (Å²) in [6.45, 7) is 10.8. The van der Waals surface area contributed by atoms with Gasteiger partial charge >= 0.3 is 0 Å². The van der Waals surface area contributed by atoms with Crippen LogP contribution in [0.2, 0.25) is 0 Å². The van der Waals surface area contributed by atoms with E-state index in [1.54, 1.807) is 0 Å². The van der Waals surface area contributed by atoms with E-state index in [0.29, 0.717) is 0 Å². The van der Waals surface area contributed by atoms with E-state index in [4.69, 9.17) is 4.74 Å². The van der Waals surface area contributed by atoms with Crippen molar-refractivity contribution >= 4 is 29.9 Å². The second-order valence-corrected chi connectivity index (χ2v) is 6.70. The Morgan fingerprint density at radius 1 is 1.27 bits per heavy atom. The fraction of sp³-hybridized carbons (Fsp3) is 0.938.